The number of halogens is 2. The van der Waals surface area contributed by atoms with E-state index in [1.165, 1.54) is 19.2 Å². The first-order valence-electron chi connectivity index (χ1n) is 10.7. The maximum atomic E-state index is 15.3. The molecule has 3 heterocycles. The minimum Gasteiger partial charge on any atom is -0.355 e. The van der Waals surface area contributed by atoms with E-state index in [1.807, 2.05) is 12.1 Å². The summed E-state index contributed by atoms with van der Waals surface area (Å²) in [5.41, 5.74) is 3.20. The summed E-state index contributed by atoms with van der Waals surface area (Å²) < 4.78 is 31.3. The smallest absolute Gasteiger partial charge is 0.272 e. The van der Waals surface area contributed by atoms with Crippen molar-refractivity contribution >= 4 is 28.0 Å². The predicted molar refractivity (Wildman–Crippen MR) is 123 cm³/mol. The minimum absolute atomic E-state index is 0.0151. The molecular formula is C25H22F2N4O2. The number of H-pyrrole nitrogens is 1. The molecule has 2 aromatic heterocycles. The SMILES string of the molecule is CNC(=O)c1ccc(C2=CCN(Cc3ccc4c([nH]c(=O)c5cccn54)c3F)CC2)cc1F. The fourth-order valence-corrected chi connectivity index (χ4v) is 4.40. The molecule has 5 rings (SSSR count). The number of carbonyl (C=O) groups excluding carboxylic acids is 1. The van der Waals surface area contributed by atoms with Gasteiger partial charge in [0.15, 0.2) is 5.82 Å². The van der Waals surface area contributed by atoms with E-state index in [1.54, 1.807) is 34.9 Å². The van der Waals surface area contributed by atoms with Crippen LogP contribution in [0.5, 0.6) is 0 Å². The summed E-state index contributed by atoms with van der Waals surface area (Å²) in [5, 5.41) is 2.42. The molecule has 0 saturated carbocycles. The maximum absolute atomic E-state index is 15.3. The van der Waals surface area contributed by atoms with Gasteiger partial charge < -0.3 is 14.7 Å². The van der Waals surface area contributed by atoms with Gasteiger partial charge in [0, 0.05) is 38.4 Å². The van der Waals surface area contributed by atoms with Gasteiger partial charge in [-0.1, -0.05) is 18.2 Å². The monoisotopic (exact) mass is 448 g/mol. The molecular weight excluding hydrogens is 426 g/mol. The van der Waals surface area contributed by atoms with Crippen molar-refractivity contribution < 1.29 is 13.6 Å². The van der Waals surface area contributed by atoms with E-state index in [4.69, 9.17) is 0 Å². The number of aromatic nitrogens is 2. The topological polar surface area (TPSA) is 69.6 Å². The second kappa shape index (κ2) is 8.29. The lowest BCUT2D eigenvalue weighted by molar-refractivity contribution is 0.0959. The second-order valence-corrected chi connectivity index (χ2v) is 8.14. The molecule has 2 aromatic carbocycles. The lowest BCUT2D eigenvalue weighted by atomic mass is 9.97. The van der Waals surface area contributed by atoms with Crippen molar-refractivity contribution in [1.29, 1.82) is 0 Å². The van der Waals surface area contributed by atoms with Crippen LogP contribution in [0.25, 0.3) is 22.1 Å². The molecule has 0 aliphatic carbocycles. The highest BCUT2D eigenvalue weighted by molar-refractivity contribution is 5.94. The van der Waals surface area contributed by atoms with Crippen molar-refractivity contribution in [2.75, 3.05) is 20.1 Å². The van der Waals surface area contributed by atoms with Gasteiger partial charge in [-0.2, -0.15) is 0 Å². The van der Waals surface area contributed by atoms with Crippen LogP contribution in [-0.4, -0.2) is 40.3 Å². The van der Waals surface area contributed by atoms with E-state index < -0.39 is 17.5 Å². The minimum atomic E-state index is -0.556. The first-order valence-corrected chi connectivity index (χ1v) is 10.7. The van der Waals surface area contributed by atoms with Gasteiger partial charge in [0.05, 0.1) is 11.1 Å². The van der Waals surface area contributed by atoms with Gasteiger partial charge in [-0.15, -0.1) is 0 Å². The van der Waals surface area contributed by atoms with E-state index in [0.717, 1.165) is 11.1 Å². The van der Waals surface area contributed by atoms with E-state index in [-0.39, 0.29) is 16.6 Å². The van der Waals surface area contributed by atoms with Gasteiger partial charge in [-0.05, 0) is 47.9 Å². The zero-order valence-electron chi connectivity index (χ0n) is 18.0. The number of benzene rings is 2. The highest BCUT2D eigenvalue weighted by atomic mass is 19.1. The Balaban J connectivity index is 1.36. The molecule has 1 aliphatic rings. The van der Waals surface area contributed by atoms with Crippen LogP contribution in [-0.2, 0) is 6.54 Å². The lowest BCUT2D eigenvalue weighted by Crippen LogP contribution is -2.28. The maximum Gasteiger partial charge on any atom is 0.272 e. The summed E-state index contributed by atoms with van der Waals surface area (Å²) in [4.78, 5) is 28.7. The quantitative estimate of drug-likeness (QED) is 0.500. The van der Waals surface area contributed by atoms with Gasteiger partial charge in [0.25, 0.3) is 11.5 Å². The molecule has 168 valence electrons. The summed E-state index contributed by atoms with van der Waals surface area (Å²) >= 11 is 0. The van der Waals surface area contributed by atoms with Crippen LogP contribution >= 0.6 is 0 Å². The third kappa shape index (κ3) is 3.72. The van der Waals surface area contributed by atoms with Gasteiger partial charge >= 0.3 is 0 Å². The molecule has 2 N–H and O–H groups in total. The van der Waals surface area contributed by atoms with E-state index in [9.17, 15) is 14.0 Å². The van der Waals surface area contributed by atoms with Gasteiger partial charge in [-0.25, -0.2) is 8.78 Å². The number of amides is 1. The molecule has 0 fully saturated rings. The molecule has 0 bridgehead atoms. The van der Waals surface area contributed by atoms with Crippen LogP contribution in [0.3, 0.4) is 0 Å². The fraction of sp³-hybridized carbons (Fsp3) is 0.200. The fourth-order valence-electron chi connectivity index (χ4n) is 4.40. The van der Waals surface area contributed by atoms with Crippen LogP contribution in [0.1, 0.15) is 27.9 Å². The predicted octanol–water partition coefficient (Wildman–Crippen LogP) is 3.71. The standard InChI is InChI=1S/C25H22F2N4O2/c1-28-24(32)18-6-4-16(13-19(18)26)15-8-11-30(12-9-15)14-17-5-7-20-23(22(17)27)29-25(33)21-3-2-10-31(20)21/h2-8,10,13H,9,11-12,14H2,1H3,(H,28,32)(H,29,33). The van der Waals surface area contributed by atoms with Crippen molar-refractivity contribution in [3.63, 3.8) is 0 Å². The first kappa shape index (κ1) is 21.1. The lowest BCUT2D eigenvalue weighted by Gasteiger charge is -2.27. The van der Waals surface area contributed by atoms with Crippen LogP contribution in [0.4, 0.5) is 8.78 Å². The Bertz CT molecular complexity index is 1490. The number of aromatic amines is 1. The average molecular weight is 448 g/mol. The van der Waals surface area contributed by atoms with Gasteiger partial charge in [0.1, 0.15) is 16.9 Å². The summed E-state index contributed by atoms with van der Waals surface area (Å²) in [6, 6.07) is 11.6. The number of carbonyl (C=O) groups is 1. The molecule has 0 radical (unpaired) electrons. The molecule has 8 heteroatoms. The Morgan fingerprint density at radius 3 is 2.73 bits per heavy atom. The molecule has 4 aromatic rings. The van der Waals surface area contributed by atoms with Gasteiger partial charge in [-0.3, -0.25) is 14.5 Å². The zero-order valence-corrected chi connectivity index (χ0v) is 18.0. The average Bonchev–Trinajstić information content (AvgIpc) is 3.32. The summed E-state index contributed by atoms with van der Waals surface area (Å²) in [7, 11) is 1.46. The zero-order chi connectivity index (χ0) is 23.1. The summed E-state index contributed by atoms with van der Waals surface area (Å²) in [5.74, 6) is -1.44. The largest absolute Gasteiger partial charge is 0.355 e. The number of fused-ring (bicyclic) bond motifs is 3. The second-order valence-electron chi connectivity index (χ2n) is 8.14. The van der Waals surface area contributed by atoms with Crippen LogP contribution < -0.4 is 10.9 Å². The number of nitrogens with zero attached hydrogens (tertiary/aromatic N) is 2. The highest BCUT2D eigenvalue weighted by Gasteiger charge is 2.19. The van der Waals surface area contributed by atoms with Gasteiger partial charge in [0.2, 0.25) is 0 Å². The Hall–Kier alpha value is -3.78. The molecule has 1 amide bonds. The Morgan fingerprint density at radius 1 is 1.15 bits per heavy atom. The Labute approximate surface area is 188 Å². The molecule has 0 atom stereocenters. The van der Waals surface area contributed by atoms with Crippen molar-refractivity contribution in [3.05, 3.63) is 93.4 Å². The Morgan fingerprint density at radius 2 is 2.00 bits per heavy atom. The summed E-state index contributed by atoms with van der Waals surface area (Å²) in [6.07, 6.45) is 4.42. The number of rotatable bonds is 4. The van der Waals surface area contributed by atoms with Crippen molar-refractivity contribution in [2.45, 2.75) is 13.0 Å². The third-order valence-electron chi connectivity index (χ3n) is 6.18. The van der Waals surface area contributed by atoms with Crippen molar-refractivity contribution in [1.82, 2.24) is 19.6 Å². The first-order chi connectivity index (χ1) is 16.0. The van der Waals surface area contributed by atoms with Crippen LogP contribution in [0.15, 0.2) is 59.5 Å². The van der Waals surface area contributed by atoms with E-state index in [2.05, 4.69) is 15.2 Å². The van der Waals surface area contributed by atoms with Crippen LogP contribution in [0.2, 0.25) is 0 Å². The molecule has 1 aliphatic heterocycles. The van der Waals surface area contributed by atoms with Crippen molar-refractivity contribution in [3.8, 4) is 0 Å². The van der Waals surface area contributed by atoms with Crippen molar-refractivity contribution in [2.24, 2.45) is 0 Å². The number of hydrogen-bond acceptors (Lipinski definition) is 3. The number of hydrogen-bond donors (Lipinski definition) is 2. The molecule has 33 heavy (non-hydrogen) atoms. The Kier molecular flexibility index (Phi) is 5.30. The molecule has 0 saturated heterocycles. The molecule has 0 spiro atoms. The molecule has 0 unspecified atom stereocenters. The highest BCUT2D eigenvalue weighted by Crippen LogP contribution is 2.26. The van der Waals surface area contributed by atoms with E-state index >= 15 is 4.39 Å². The van der Waals surface area contributed by atoms with E-state index in [0.29, 0.717) is 42.7 Å². The van der Waals surface area contributed by atoms with Crippen LogP contribution in [0, 0.1) is 11.6 Å². The molecule has 6 nitrogen and oxygen atoms in total. The third-order valence-corrected chi connectivity index (χ3v) is 6.18. The summed E-state index contributed by atoms with van der Waals surface area (Å²) in [6.45, 7) is 1.65. The number of nitrogens with one attached hydrogen (secondary N) is 2. The normalized spacial score (nSPS) is 14.6.